The predicted molar refractivity (Wildman–Crippen MR) is 70.8 cm³/mol. The largest absolute Gasteiger partial charge is 0.481 e. The third kappa shape index (κ3) is 2.03. The van der Waals surface area contributed by atoms with E-state index in [1.807, 2.05) is 32.1 Å². The highest BCUT2D eigenvalue weighted by Gasteiger charge is 2.28. The van der Waals surface area contributed by atoms with Crippen LogP contribution in [0.3, 0.4) is 0 Å². The maximum Gasteiger partial charge on any atom is 0.257 e. The van der Waals surface area contributed by atoms with Crippen molar-refractivity contribution in [1.29, 1.82) is 0 Å². The minimum Gasteiger partial charge on any atom is -0.481 e. The van der Waals surface area contributed by atoms with Crippen molar-refractivity contribution < 1.29 is 4.74 Å². The van der Waals surface area contributed by atoms with Crippen molar-refractivity contribution in [2.45, 2.75) is 19.4 Å². The first kappa shape index (κ1) is 11.6. The Bertz CT molecular complexity index is 716. The smallest absolute Gasteiger partial charge is 0.257 e. The summed E-state index contributed by atoms with van der Waals surface area (Å²) >= 11 is 0. The Morgan fingerprint density at radius 1 is 1.26 bits per heavy atom. The highest BCUT2D eigenvalue weighted by molar-refractivity contribution is 5.70. The number of hydrogen-bond acceptors (Lipinski definition) is 4. The summed E-state index contributed by atoms with van der Waals surface area (Å²) in [6, 6.07) is 5.08. The van der Waals surface area contributed by atoms with Crippen molar-refractivity contribution >= 4 is 5.70 Å². The molecule has 19 heavy (non-hydrogen) atoms. The monoisotopic (exact) mass is 255 g/mol. The molecule has 0 spiro atoms. The lowest BCUT2D eigenvalue weighted by Gasteiger charge is -2.30. The van der Waals surface area contributed by atoms with Gasteiger partial charge in [0.2, 0.25) is 0 Å². The fourth-order valence-corrected chi connectivity index (χ4v) is 2.09. The molecule has 96 valence electrons. The third-order valence-corrected chi connectivity index (χ3v) is 2.85. The van der Waals surface area contributed by atoms with Crippen molar-refractivity contribution in [2.75, 3.05) is 0 Å². The van der Waals surface area contributed by atoms with E-state index in [0.29, 0.717) is 17.1 Å². The van der Waals surface area contributed by atoms with E-state index in [2.05, 4.69) is 9.97 Å². The van der Waals surface area contributed by atoms with Crippen LogP contribution in [-0.2, 0) is 0 Å². The lowest BCUT2D eigenvalue weighted by Crippen LogP contribution is -2.32. The molecule has 3 heterocycles. The molecule has 0 bridgehead atoms. The van der Waals surface area contributed by atoms with Gasteiger partial charge in [0.25, 0.3) is 5.56 Å². The summed E-state index contributed by atoms with van der Waals surface area (Å²) in [6.07, 6.45) is 6.53. The molecule has 0 aliphatic carbocycles. The highest BCUT2D eigenvalue weighted by atomic mass is 16.5. The second-order valence-electron chi connectivity index (χ2n) is 4.87. The van der Waals surface area contributed by atoms with Crippen molar-refractivity contribution in [3.05, 3.63) is 59.0 Å². The van der Waals surface area contributed by atoms with E-state index in [1.165, 1.54) is 23.2 Å². The zero-order chi connectivity index (χ0) is 13.5. The average Bonchev–Trinajstić information content (AvgIpc) is 2.37. The van der Waals surface area contributed by atoms with Gasteiger partial charge in [-0.2, -0.15) is 0 Å². The molecule has 0 atom stereocenters. The van der Waals surface area contributed by atoms with Crippen molar-refractivity contribution in [3.8, 4) is 5.75 Å². The lowest BCUT2D eigenvalue weighted by atomic mass is 10.0. The summed E-state index contributed by atoms with van der Waals surface area (Å²) in [4.78, 5) is 20.3. The molecule has 1 aliphatic rings. The molecule has 2 aromatic heterocycles. The van der Waals surface area contributed by atoms with Gasteiger partial charge in [0.1, 0.15) is 23.4 Å². The second kappa shape index (κ2) is 4.05. The average molecular weight is 255 g/mol. The molecule has 5 nitrogen and oxygen atoms in total. The van der Waals surface area contributed by atoms with Gasteiger partial charge in [-0.1, -0.05) is 0 Å². The van der Waals surface area contributed by atoms with Crippen LogP contribution in [0.25, 0.3) is 5.70 Å². The summed E-state index contributed by atoms with van der Waals surface area (Å²) in [5.74, 6) is 0.667. The van der Waals surface area contributed by atoms with E-state index in [4.69, 9.17) is 4.74 Å². The number of ether oxygens (including phenoxy) is 1. The van der Waals surface area contributed by atoms with Crippen LogP contribution in [0.5, 0.6) is 5.75 Å². The number of hydrogen-bond donors (Lipinski definition) is 0. The Kier molecular flexibility index (Phi) is 2.48. The van der Waals surface area contributed by atoms with Crippen LogP contribution in [0.2, 0.25) is 0 Å². The zero-order valence-electron chi connectivity index (χ0n) is 10.7. The molecule has 2 aromatic rings. The fraction of sp³-hybridized carbons (Fsp3) is 0.214. The van der Waals surface area contributed by atoms with Crippen LogP contribution in [0, 0.1) is 0 Å². The molecule has 0 aromatic carbocycles. The maximum atomic E-state index is 12.0. The van der Waals surface area contributed by atoms with Crippen LogP contribution >= 0.6 is 0 Å². The van der Waals surface area contributed by atoms with Gasteiger partial charge >= 0.3 is 0 Å². The van der Waals surface area contributed by atoms with Crippen molar-refractivity contribution in [2.24, 2.45) is 0 Å². The number of aromatic nitrogens is 3. The summed E-state index contributed by atoms with van der Waals surface area (Å²) in [6.45, 7) is 3.87. The predicted octanol–water partition coefficient (Wildman–Crippen LogP) is 1.70. The van der Waals surface area contributed by atoms with E-state index in [0.717, 1.165) is 0 Å². The highest BCUT2D eigenvalue weighted by Crippen LogP contribution is 2.34. The van der Waals surface area contributed by atoms with Gasteiger partial charge in [0, 0.05) is 18.5 Å². The van der Waals surface area contributed by atoms with E-state index >= 15 is 0 Å². The molecular formula is C14H13N3O2. The fourth-order valence-electron chi connectivity index (χ4n) is 2.09. The number of fused-ring (bicyclic) bond motifs is 1. The van der Waals surface area contributed by atoms with Crippen molar-refractivity contribution in [1.82, 2.24) is 14.5 Å². The Balaban J connectivity index is 2.27. The first-order valence-corrected chi connectivity index (χ1v) is 5.97. The summed E-state index contributed by atoms with van der Waals surface area (Å²) in [7, 11) is 0. The van der Waals surface area contributed by atoms with E-state index in [-0.39, 0.29) is 5.56 Å². The summed E-state index contributed by atoms with van der Waals surface area (Å²) in [5, 5.41) is 0. The van der Waals surface area contributed by atoms with E-state index in [1.54, 1.807) is 6.20 Å². The quantitative estimate of drug-likeness (QED) is 0.778. The van der Waals surface area contributed by atoms with Crippen molar-refractivity contribution in [3.63, 3.8) is 0 Å². The zero-order valence-corrected chi connectivity index (χ0v) is 10.7. The number of rotatable bonds is 1. The molecule has 0 saturated heterocycles. The minimum absolute atomic E-state index is 0.143. The van der Waals surface area contributed by atoms with Gasteiger partial charge in [0.05, 0.1) is 5.70 Å². The Hall–Kier alpha value is -2.43. The number of nitrogens with zero attached hydrogens (tertiary/aromatic N) is 3. The Morgan fingerprint density at radius 3 is 2.89 bits per heavy atom. The SMILES string of the molecule is CC1(C)C=C(n2cnccc2=O)c2ncccc2O1. The molecule has 0 radical (unpaired) electrons. The van der Waals surface area contributed by atoms with Crippen LogP contribution in [0.4, 0.5) is 0 Å². The molecule has 5 heteroatoms. The molecule has 0 N–H and O–H groups in total. The maximum absolute atomic E-state index is 12.0. The van der Waals surface area contributed by atoms with Gasteiger partial charge in [-0.05, 0) is 32.1 Å². The van der Waals surface area contributed by atoms with Gasteiger partial charge < -0.3 is 4.74 Å². The molecule has 0 saturated carbocycles. The Morgan fingerprint density at radius 2 is 2.11 bits per heavy atom. The second-order valence-corrected chi connectivity index (χ2v) is 4.87. The molecule has 0 unspecified atom stereocenters. The van der Waals surface area contributed by atoms with E-state index in [9.17, 15) is 4.79 Å². The van der Waals surface area contributed by atoms with Crippen LogP contribution in [0.1, 0.15) is 19.5 Å². The number of pyridine rings is 1. The lowest BCUT2D eigenvalue weighted by molar-refractivity contribution is 0.156. The standard InChI is InChI=1S/C14H13N3O2/c1-14(2)8-10(17-9-15-7-5-12(17)18)13-11(19-14)4-3-6-16-13/h3-9H,1-2H3. The van der Waals surface area contributed by atoms with Crippen LogP contribution < -0.4 is 10.3 Å². The van der Waals surface area contributed by atoms with Gasteiger partial charge in [-0.25, -0.2) is 4.98 Å². The van der Waals surface area contributed by atoms with Gasteiger partial charge in [-0.3, -0.25) is 14.3 Å². The molecule has 0 fully saturated rings. The molecular weight excluding hydrogens is 242 g/mol. The molecule has 0 amide bonds. The summed E-state index contributed by atoms with van der Waals surface area (Å²) < 4.78 is 7.32. The third-order valence-electron chi connectivity index (χ3n) is 2.85. The van der Waals surface area contributed by atoms with Gasteiger partial charge in [-0.15, -0.1) is 0 Å². The first-order valence-electron chi connectivity index (χ1n) is 5.97. The Labute approximate surface area is 110 Å². The first-order chi connectivity index (χ1) is 9.07. The summed E-state index contributed by atoms with van der Waals surface area (Å²) in [5.41, 5.74) is 0.707. The topological polar surface area (TPSA) is 57.0 Å². The van der Waals surface area contributed by atoms with Crippen LogP contribution in [-0.4, -0.2) is 20.1 Å². The normalized spacial score (nSPS) is 16.2. The van der Waals surface area contributed by atoms with Crippen LogP contribution in [0.15, 0.2) is 47.8 Å². The molecule has 1 aliphatic heterocycles. The van der Waals surface area contributed by atoms with E-state index < -0.39 is 5.60 Å². The van der Waals surface area contributed by atoms with Gasteiger partial charge in [0.15, 0.2) is 0 Å². The minimum atomic E-state index is -0.499. The molecule has 3 rings (SSSR count).